The van der Waals surface area contributed by atoms with Crippen LogP contribution in [0.4, 0.5) is 0 Å². The lowest BCUT2D eigenvalue weighted by Crippen LogP contribution is -2.41. The third-order valence-corrected chi connectivity index (χ3v) is 2.80. The van der Waals surface area contributed by atoms with Crippen molar-refractivity contribution < 1.29 is 0 Å². The van der Waals surface area contributed by atoms with Gasteiger partial charge in [0.15, 0.2) is 0 Å². The highest BCUT2D eigenvalue weighted by Crippen LogP contribution is 2.16. The van der Waals surface area contributed by atoms with Crippen LogP contribution in [0, 0.1) is 0 Å². The second kappa shape index (κ2) is 6.70. The average molecular weight is 257 g/mol. The fourth-order valence-corrected chi connectivity index (χ4v) is 1.86. The van der Waals surface area contributed by atoms with Crippen LogP contribution in [0.25, 0.3) is 10.9 Å². The molecule has 0 bridgehead atoms. The molecule has 0 aliphatic carbocycles. The average Bonchev–Trinajstić information content (AvgIpc) is 2.47. The highest BCUT2D eigenvalue weighted by Gasteiger charge is 2.01. The standard InChI is InChI=1S/C14H19N5/c1-2-8-17-14(19-15)18-10-12-6-3-5-11-7-4-9-16-13(11)12/h3-7,9H,2,8,10,15H2,1H3,(H2,17,18,19). The zero-order chi connectivity index (χ0) is 13.5. The lowest BCUT2D eigenvalue weighted by Gasteiger charge is -2.08. The maximum atomic E-state index is 5.43. The Kier molecular flexibility index (Phi) is 4.69. The zero-order valence-corrected chi connectivity index (χ0v) is 11.1. The van der Waals surface area contributed by atoms with Gasteiger partial charge in [-0.1, -0.05) is 31.2 Å². The van der Waals surface area contributed by atoms with Gasteiger partial charge in [-0.3, -0.25) is 10.4 Å². The number of hydrazine groups is 1. The minimum atomic E-state index is 0.546. The molecule has 1 aromatic heterocycles. The van der Waals surface area contributed by atoms with Crippen LogP contribution in [-0.2, 0) is 6.54 Å². The van der Waals surface area contributed by atoms with Crippen LogP contribution >= 0.6 is 0 Å². The second-order valence-corrected chi connectivity index (χ2v) is 4.23. The Morgan fingerprint density at radius 3 is 2.95 bits per heavy atom. The normalized spacial score (nSPS) is 11.6. The zero-order valence-electron chi connectivity index (χ0n) is 11.1. The Balaban J connectivity index is 2.18. The summed E-state index contributed by atoms with van der Waals surface area (Å²) in [5.74, 6) is 6.04. The van der Waals surface area contributed by atoms with Crippen LogP contribution in [-0.4, -0.2) is 17.5 Å². The predicted octanol–water partition coefficient (Wildman–Crippen LogP) is 1.55. The van der Waals surface area contributed by atoms with E-state index >= 15 is 0 Å². The number of nitrogens with two attached hydrogens (primary N) is 1. The maximum absolute atomic E-state index is 5.43. The molecule has 1 aromatic carbocycles. The number of rotatable bonds is 4. The van der Waals surface area contributed by atoms with E-state index in [-0.39, 0.29) is 0 Å². The van der Waals surface area contributed by atoms with Crippen molar-refractivity contribution in [2.75, 3.05) is 6.54 Å². The smallest absolute Gasteiger partial charge is 0.206 e. The molecule has 0 atom stereocenters. The molecule has 1 heterocycles. The van der Waals surface area contributed by atoms with Crippen LogP contribution in [0.1, 0.15) is 18.9 Å². The Hall–Kier alpha value is -2.14. The first-order valence-corrected chi connectivity index (χ1v) is 6.42. The number of benzene rings is 1. The molecule has 5 heteroatoms. The molecular formula is C14H19N5. The van der Waals surface area contributed by atoms with E-state index in [1.165, 1.54) is 0 Å². The summed E-state index contributed by atoms with van der Waals surface area (Å²) in [6.45, 7) is 3.48. The number of fused-ring (bicyclic) bond motifs is 1. The van der Waals surface area contributed by atoms with E-state index in [1.54, 1.807) is 6.20 Å². The SMILES string of the molecule is CCCNC(=NCc1cccc2cccnc12)NN. The second-order valence-electron chi connectivity index (χ2n) is 4.23. The van der Waals surface area contributed by atoms with Gasteiger partial charge in [-0.15, -0.1) is 0 Å². The van der Waals surface area contributed by atoms with Gasteiger partial charge in [-0.25, -0.2) is 10.8 Å². The van der Waals surface area contributed by atoms with E-state index in [4.69, 9.17) is 5.84 Å². The van der Waals surface area contributed by atoms with Gasteiger partial charge in [0, 0.05) is 18.1 Å². The van der Waals surface area contributed by atoms with E-state index in [1.807, 2.05) is 30.3 Å². The molecule has 0 saturated heterocycles. The monoisotopic (exact) mass is 257 g/mol. The molecule has 0 aliphatic heterocycles. The number of nitrogens with zero attached hydrogens (tertiary/aromatic N) is 2. The summed E-state index contributed by atoms with van der Waals surface area (Å²) in [6.07, 6.45) is 2.82. The van der Waals surface area contributed by atoms with Crippen LogP contribution in [0.15, 0.2) is 41.5 Å². The van der Waals surface area contributed by atoms with Crippen molar-refractivity contribution >= 4 is 16.9 Å². The third-order valence-electron chi connectivity index (χ3n) is 2.80. The first kappa shape index (κ1) is 13.3. The molecule has 0 amide bonds. The van der Waals surface area contributed by atoms with Crippen molar-refractivity contribution in [3.63, 3.8) is 0 Å². The Bertz CT molecular complexity index is 559. The number of guanidine groups is 1. The molecule has 0 aliphatic rings. The number of aromatic nitrogens is 1. The van der Waals surface area contributed by atoms with Gasteiger partial charge in [0.25, 0.3) is 0 Å². The lowest BCUT2D eigenvalue weighted by molar-refractivity contribution is 0.791. The van der Waals surface area contributed by atoms with Gasteiger partial charge < -0.3 is 5.32 Å². The molecule has 0 unspecified atom stereocenters. The van der Waals surface area contributed by atoms with Crippen molar-refractivity contribution in [2.24, 2.45) is 10.8 Å². The van der Waals surface area contributed by atoms with Crippen molar-refractivity contribution in [1.29, 1.82) is 0 Å². The minimum Gasteiger partial charge on any atom is -0.355 e. The minimum absolute atomic E-state index is 0.546. The Morgan fingerprint density at radius 2 is 2.16 bits per heavy atom. The molecule has 0 fully saturated rings. The van der Waals surface area contributed by atoms with Crippen molar-refractivity contribution in [1.82, 2.24) is 15.7 Å². The van der Waals surface area contributed by atoms with Gasteiger partial charge in [-0.05, 0) is 18.1 Å². The van der Waals surface area contributed by atoms with E-state index < -0.39 is 0 Å². The first-order valence-electron chi connectivity index (χ1n) is 6.42. The van der Waals surface area contributed by atoms with E-state index in [0.717, 1.165) is 29.4 Å². The van der Waals surface area contributed by atoms with Crippen LogP contribution in [0.2, 0.25) is 0 Å². The summed E-state index contributed by atoms with van der Waals surface area (Å²) in [4.78, 5) is 8.84. The van der Waals surface area contributed by atoms with Gasteiger partial charge in [0.05, 0.1) is 12.1 Å². The number of pyridine rings is 1. The molecule has 0 saturated carbocycles. The number of hydrogen-bond donors (Lipinski definition) is 3. The van der Waals surface area contributed by atoms with E-state index in [2.05, 4.69) is 27.6 Å². The summed E-state index contributed by atoms with van der Waals surface area (Å²) in [5.41, 5.74) is 4.65. The van der Waals surface area contributed by atoms with Gasteiger partial charge in [0.1, 0.15) is 0 Å². The van der Waals surface area contributed by atoms with Crippen LogP contribution in [0.5, 0.6) is 0 Å². The topological polar surface area (TPSA) is 75.3 Å². The largest absolute Gasteiger partial charge is 0.355 e. The van der Waals surface area contributed by atoms with Crippen molar-refractivity contribution in [3.05, 3.63) is 42.1 Å². The predicted molar refractivity (Wildman–Crippen MR) is 78.5 cm³/mol. The maximum Gasteiger partial charge on any atom is 0.206 e. The first-order chi connectivity index (χ1) is 9.35. The lowest BCUT2D eigenvalue weighted by atomic mass is 10.1. The fourth-order valence-electron chi connectivity index (χ4n) is 1.86. The van der Waals surface area contributed by atoms with Crippen molar-refractivity contribution in [2.45, 2.75) is 19.9 Å². The quantitative estimate of drug-likeness (QED) is 0.336. The molecule has 2 aromatic rings. The van der Waals surface area contributed by atoms with Gasteiger partial charge in [0.2, 0.25) is 5.96 Å². The van der Waals surface area contributed by atoms with Gasteiger partial charge >= 0.3 is 0 Å². The van der Waals surface area contributed by atoms with Crippen LogP contribution in [0.3, 0.4) is 0 Å². The molecule has 0 radical (unpaired) electrons. The highest BCUT2D eigenvalue weighted by molar-refractivity contribution is 5.82. The van der Waals surface area contributed by atoms with E-state index in [9.17, 15) is 0 Å². The molecule has 2 rings (SSSR count). The molecule has 0 spiro atoms. The van der Waals surface area contributed by atoms with Crippen molar-refractivity contribution in [3.8, 4) is 0 Å². The van der Waals surface area contributed by atoms with Crippen LogP contribution < -0.4 is 16.6 Å². The molecule has 5 nitrogen and oxygen atoms in total. The van der Waals surface area contributed by atoms with Gasteiger partial charge in [-0.2, -0.15) is 0 Å². The third kappa shape index (κ3) is 3.42. The highest BCUT2D eigenvalue weighted by atomic mass is 15.3. The summed E-state index contributed by atoms with van der Waals surface area (Å²) in [6, 6.07) is 10.1. The molecule has 4 N–H and O–H groups in total. The number of nitrogens with one attached hydrogen (secondary N) is 2. The summed E-state index contributed by atoms with van der Waals surface area (Å²) >= 11 is 0. The fraction of sp³-hybridized carbons (Fsp3) is 0.286. The molecule has 100 valence electrons. The molecular weight excluding hydrogens is 238 g/mol. The summed E-state index contributed by atoms with van der Waals surface area (Å²) < 4.78 is 0. The number of hydrogen-bond acceptors (Lipinski definition) is 3. The summed E-state index contributed by atoms with van der Waals surface area (Å²) in [7, 11) is 0. The summed E-state index contributed by atoms with van der Waals surface area (Å²) in [5, 5.41) is 4.25. The number of para-hydroxylation sites is 1. The Labute approximate surface area is 112 Å². The number of aliphatic imine (C=N–C) groups is 1. The molecule has 19 heavy (non-hydrogen) atoms. The van der Waals surface area contributed by atoms with E-state index in [0.29, 0.717) is 12.5 Å². The Morgan fingerprint density at radius 1 is 1.32 bits per heavy atom.